The van der Waals surface area contributed by atoms with Gasteiger partial charge >= 0.3 is 0 Å². The second-order valence-electron chi connectivity index (χ2n) is 6.88. The zero-order valence-electron chi connectivity index (χ0n) is 15.3. The molecule has 1 aliphatic carbocycles. The SMILES string of the molecule is COCn1cc2c(c1C(N)=O)C=CC(c1ccccc1)(c1ccccc1)C2. The molecule has 136 valence electrons. The average Bonchev–Trinajstić information content (AvgIpc) is 3.06. The number of nitrogens with two attached hydrogens (primary N) is 1. The average molecular weight is 358 g/mol. The number of ether oxygens (including phenoxy) is 1. The molecule has 0 unspecified atom stereocenters. The van der Waals surface area contributed by atoms with Gasteiger partial charge in [-0.2, -0.15) is 0 Å². The van der Waals surface area contributed by atoms with E-state index in [-0.39, 0.29) is 5.41 Å². The van der Waals surface area contributed by atoms with Crippen LogP contribution in [0.4, 0.5) is 0 Å². The fourth-order valence-corrected chi connectivity index (χ4v) is 4.09. The first-order chi connectivity index (χ1) is 13.2. The maximum atomic E-state index is 12.0. The summed E-state index contributed by atoms with van der Waals surface area (Å²) in [5.41, 5.74) is 10.3. The monoisotopic (exact) mass is 358 g/mol. The number of hydrogen-bond donors (Lipinski definition) is 1. The molecule has 4 rings (SSSR count). The van der Waals surface area contributed by atoms with Gasteiger partial charge in [-0.05, 0) is 23.1 Å². The molecule has 3 aromatic rings. The van der Waals surface area contributed by atoms with Gasteiger partial charge in [0.2, 0.25) is 0 Å². The van der Waals surface area contributed by atoms with E-state index in [2.05, 4.69) is 54.6 Å². The number of primary amides is 1. The van der Waals surface area contributed by atoms with E-state index in [1.807, 2.05) is 24.4 Å². The lowest BCUT2D eigenvalue weighted by Gasteiger charge is -2.34. The predicted octanol–water partition coefficient (Wildman–Crippen LogP) is 3.75. The van der Waals surface area contributed by atoms with Crippen LogP contribution in [0.25, 0.3) is 6.08 Å². The van der Waals surface area contributed by atoms with Crippen molar-refractivity contribution in [3.8, 4) is 0 Å². The third-order valence-electron chi connectivity index (χ3n) is 5.28. The third kappa shape index (κ3) is 2.88. The summed E-state index contributed by atoms with van der Waals surface area (Å²) in [4.78, 5) is 12.0. The van der Waals surface area contributed by atoms with Gasteiger partial charge in [0.25, 0.3) is 5.91 Å². The lowest BCUT2D eigenvalue weighted by Crippen LogP contribution is -2.30. The van der Waals surface area contributed by atoms with Gasteiger partial charge in [0.05, 0.1) is 0 Å². The predicted molar refractivity (Wildman–Crippen MR) is 106 cm³/mol. The van der Waals surface area contributed by atoms with Crippen LogP contribution in [-0.4, -0.2) is 17.6 Å². The lowest BCUT2D eigenvalue weighted by atomic mass is 9.68. The van der Waals surface area contributed by atoms with Crippen LogP contribution in [0.5, 0.6) is 0 Å². The van der Waals surface area contributed by atoms with Gasteiger partial charge in [0.1, 0.15) is 12.4 Å². The number of aromatic nitrogens is 1. The molecule has 1 heterocycles. The second kappa shape index (κ2) is 6.89. The number of allylic oxidation sites excluding steroid dienone is 1. The fourth-order valence-electron chi connectivity index (χ4n) is 4.09. The Hall–Kier alpha value is -3.11. The van der Waals surface area contributed by atoms with Crippen molar-refractivity contribution in [3.05, 3.63) is 101 Å². The number of fused-ring (bicyclic) bond motifs is 1. The van der Waals surface area contributed by atoms with Crippen molar-refractivity contribution in [2.24, 2.45) is 5.73 Å². The van der Waals surface area contributed by atoms with Crippen LogP contribution in [0.15, 0.2) is 72.9 Å². The Balaban J connectivity index is 1.90. The highest BCUT2D eigenvalue weighted by atomic mass is 16.5. The number of methoxy groups -OCH3 is 1. The van der Waals surface area contributed by atoms with Crippen LogP contribution in [0.1, 0.15) is 32.7 Å². The molecule has 0 aliphatic heterocycles. The third-order valence-corrected chi connectivity index (χ3v) is 5.28. The largest absolute Gasteiger partial charge is 0.364 e. The molecular weight excluding hydrogens is 336 g/mol. The highest BCUT2D eigenvalue weighted by molar-refractivity contribution is 5.96. The quantitative estimate of drug-likeness (QED) is 0.755. The Morgan fingerprint density at radius 1 is 1.07 bits per heavy atom. The number of nitrogens with zero attached hydrogens (tertiary/aromatic N) is 1. The highest BCUT2D eigenvalue weighted by Gasteiger charge is 2.36. The van der Waals surface area contributed by atoms with Gasteiger partial charge < -0.3 is 15.0 Å². The van der Waals surface area contributed by atoms with E-state index in [4.69, 9.17) is 10.5 Å². The van der Waals surface area contributed by atoms with E-state index in [9.17, 15) is 4.79 Å². The Labute approximate surface area is 158 Å². The summed E-state index contributed by atoms with van der Waals surface area (Å²) in [6.07, 6.45) is 6.97. The molecule has 2 N–H and O–H groups in total. The standard InChI is InChI=1S/C23H22N2O2/c1-27-16-25-15-17-14-23(18-8-4-2-5-9-18,19-10-6-3-7-11-19)13-12-20(17)21(25)22(24)26/h2-13,15H,14,16H2,1H3,(H2,24,26). The molecule has 1 amide bonds. The van der Waals surface area contributed by atoms with Crippen LogP contribution in [0, 0.1) is 0 Å². The van der Waals surface area contributed by atoms with Gasteiger partial charge in [0.15, 0.2) is 0 Å². The van der Waals surface area contributed by atoms with Crippen molar-refractivity contribution in [2.75, 3.05) is 7.11 Å². The first-order valence-electron chi connectivity index (χ1n) is 8.97. The van der Waals surface area contributed by atoms with Crippen molar-refractivity contribution in [1.29, 1.82) is 0 Å². The Morgan fingerprint density at radius 2 is 1.67 bits per heavy atom. The Bertz CT molecular complexity index is 948. The number of benzene rings is 2. The molecule has 27 heavy (non-hydrogen) atoms. The van der Waals surface area contributed by atoms with E-state index in [1.165, 1.54) is 11.1 Å². The lowest BCUT2D eigenvalue weighted by molar-refractivity contribution is 0.0956. The van der Waals surface area contributed by atoms with Crippen LogP contribution < -0.4 is 5.73 Å². The molecule has 0 saturated heterocycles. The van der Waals surface area contributed by atoms with Crippen LogP contribution >= 0.6 is 0 Å². The Kier molecular flexibility index (Phi) is 4.42. The van der Waals surface area contributed by atoms with E-state index < -0.39 is 5.91 Å². The molecule has 0 radical (unpaired) electrons. The van der Waals surface area contributed by atoms with Crippen LogP contribution in [-0.2, 0) is 23.3 Å². The highest BCUT2D eigenvalue weighted by Crippen LogP contribution is 2.42. The maximum absolute atomic E-state index is 12.0. The van der Waals surface area contributed by atoms with E-state index >= 15 is 0 Å². The van der Waals surface area contributed by atoms with Gasteiger partial charge in [0, 0.05) is 24.3 Å². The summed E-state index contributed by atoms with van der Waals surface area (Å²) < 4.78 is 7.04. The first-order valence-corrected chi connectivity index (χ1v) is 8.97. The van der Waals surface area contributed by atoms with Crippen LogP contribution in [0.3, 0.4) is 0 Å². The topological polar surface area (TPSA) is 57.2 Å². The summed E-state index contributed by atoms with van der Waals surface area (Å²) >= 11 is 0. The van der Waals surface area contributed by atoms with Crippen molar-refractivity contribution >= 4 is 12.0 Å². The smallest absolute Gasteiger partial charge is 0.266 e. The van der Waals surface area contributed by atoms with Gasteiger partial charge in [-0.3, -0.25) is 4.79 Å². The second-order valence-corrected chi connectivity index (χ2v) is 6.88. The van der Waals surface area contributed by atoms with Crippen molar-refractivity contribution in [1.82, 2.24) is 4.57 Å². The van der Waals surface area contributed by atoms with E-state index in [0.29, 0.717) is 12.4 Å². The number of carbonyl (C=O) groups is 1. The van der Waals surface area contributed by atoms with E-state index in [0.717, 1.165) is 17.5 Å². The minimum Gasteiger partial charge on any atom is -0.364 e. The number of rotatable bonds is 5. The Morgan fingerprint density at radius 3 is 2.19 bits per heavy atom. The number of hydrogen-bond acceptors (Lipinski definition) is 2. The van der Waals surface area contributed by atoms with Gasteiger partial charge in [-0.15, -0.1) is 0 Å². The molecule has 0 saturated carbocycles. The summed E-state index contributed by atoms with van der Waals surface area (Å²) in [5, 5.41) is 0. The molecular formula is C23H22N2O2. The minimum absolute atomic E-state index is 0.288. The molecule has 0 bridgehead atoms. The summed E-state index contributed by atoms with van der Waals surface area (Å²) in [6.45, 7) is 0.294. The van der Waals surface area contributed by atoms with Crippen molar-refractivity contribution in [2.45, 2.75) is 18.6 Å². The van der Waals surface area contributed by atoms with Crippen LogP contribution in [0.2, 0.25) is 0 Å². The number of carbonyl (C=O) groups excluding carboxylic acids is 1. The zero-order valence-corrected chi connectivity index (χ0v) is 15.3. The molecule has 1 aromatic heterocycles. The molecule has 0 spiro atoms. The molecule has 4 heteroatoms. The first kappa shape index (κ1) is 17.3. The molecule has 1 aliphatic rings. The zero-order chi connectivity index (χ0) is 18.9. The molecule has 4 nitrogen and oxygen atoms in total. The maximum Gasteiger partial charge on any atom is 0.266 e. The fraction of sp³-hybridized carbons (Fsp3) is 0.174. The summed E-state index contributed by atoms with van der Waals surface area (Å²) in [7, 11) is 1.61. The molecule has 0 atom stereocenters. The summed E-state index contributed by atoms with van der Waals surface area (Å²) in [5.74, 6) is -0.440. The van der Waals surface area contributed by atoms with Gasteiger partial charge in [-0.1, -0.05) is 72.8 Å². The molecule has 2 aromatic carbocycles. The summed E-state index contributed by atoms with van der Waals surface area (Å²) in [6, 6.07) is 20.9. The molecule has 0 fully saturated rings. The number of amides is 1. The van der Waals surface area contributed by atoms with Crippen molar-refractivity contribution in [3.63, 3.8) is 0 Å². The normalized spacial score (nSPS) is 14.7. The minimum atomic E-state index is -0.440. The van der Waals surface area contributed by atoms with Crippen molar-refractivity contribution < 1.29 is 9.53 Å². The van der Waals surface area contributed by atoms with Gasteiger partial charge in [-0.25, -0.2) is 0 Å². The van der Waals surface area contributed by atoms with E-state index in [1.54, 1.807) is 11.7 Å².